The van der Waals surface area contributed by atoms with Crippen LogP contribution in [-0.4, -0.2) is 41.0 Å². The van der Waals surface area contributed by atoms with Crippen molar-refractivity contribution in [3.05, 3.63) is 81.9 Å². The number of carbonyl (C=O) groups excluding carboxylic acids is 1. The van der Waals surface area contributed by atoms with E-state index in [0.717, 1.165) is 21.8 Å². The molecular weight excluding hydrogens is 462 g/mol. The van der Waals surface area contributed by atoms with E-state index < -0.39 is 10.9 Å². The number of aromatic nitrogens is 1. The van der Waals surface area contributed by atoms with Crippen LogP contribution in [0.5, 0.6) is 5.75 Å². The maximum absolute atomic E-state index is 11.6. The van der Waals surface area contributed by atoms with Crippen molar-refractivity contribution in [2.24, 2.45) is 5.16 Å². The van der Waals surface area contributed by atoms with Gasteiger partial charge in [0, 0.05) is 65.6 Å². The Hall–Kier alpha value is -4.24. The molecule has 0 aliphatic heterocycles. The summed E-state index contributed by atoms with van der Waals surface area (Å²) in [6, 6.07) is 17.9. The Bertz CT molecular complexity index is 1460. The number of nitro benzene ring substituents is 1. The summed E-state index contributed by atoms with van der Waals surface area (Å²) < 4.78 is 13.1. The Morgan fingerprint density at radius 2 is 1.67 bits per heavy atom. The van der Waals surface area contributed by atoms with Gasteiger partial charge in [-0.25, -0.2) is 4.79 Å². The zero-order valence-electron chi connectivity index (χ0n) is 20.6. The van der Waals surface area contributed by atoms with Gasteiger partial charge in [0.25, 0.3) is 5.69 Å². The molecule has 4 rings (SSSR count). The molecular formula is C27H27N3O6. The van der Waals surface area contributed by atoms with E-state index in [0.29, 0.717) is 35.7 Å². The molecule has 3 aromatic carbocycles. The second-order valence-corrected chi connectivity index (χ2v) is 8.37. The molecule has 4 aromatic rings. The van der Waals surface area contributed by atoms with Gasteiger partial charge in [0.2, 0.25) is 0 Å². The fourth-order valence-corrected chi connectivity index (χ4v) is 4.27. The van der Waals surface area contributed by atoms with Crippen LogP contribution in [0.25, 0.3) is 21.8 Å². The molecule has 1 atom stereocenters. The number of hydrogen-bond donors (Lipinski definition) is 0. The first-order chi connectivity index (χ1) is 17.3. The lowest BCUT2D eigenvalue weighted by Crippen LogP contribution is -2.17. The number of methoxy groups -OCH3 is 1. The van der Waals surface area contributed by atoms with Crippen molar-refractivity contribution in [1.82, 2.24) is 4.57 Å². The van der Waals surface area contributed by atoms with Crippen molar-refractivity contribution < 1.29 is 24.0 Å². The number of nitro groups is 1. The molecule has 9 nitrogen and oxygen atoms in total. The highest BCUT2D eigenvalue weighted by Gasteiger charge is 2.17. The number of benzene rings is 3. The number of aryl methyl sites for hydroxylation is 1. The zero-order chi connectivity index (χ0) is 25.8. The average Bonchev–Trinajstić information content (AvgIpc) is 3.17. The molecule has 0 N–H and O–H groups in total. The van der Waals surface area contributed by atoms with Gasteiger partial charge in [-0.2, -0.15) is 0 Å². The van der Waals surface area contributed by atoms with Gasteiger partial charge in [0.1, 0.15) is 17.6 Å². The molecule has 186 valence electrons. The van der Waals surface area contributed by atoms with Crippen LogP contribution < -0.4 is 4.74 Å². The zero-order valence-corrected chi connectivity index (χ0v) is 20.6. The standard InChI is InChI=1S/C27H27N3O6/c1-5-29-25-12-8-20(14-23(25)24-15-21(30(32)33)9-13-26(24)29)27(28-36-18(3)31)19-6-10-22(11-7-19)35-17(2)16-34-4/h6-15,17H,5,16H2,1-4H3/b28-27+. The molecule has 36 heavy (non-hydrogen) atoms. The van der Waals surface area contributed by atoms with E-state index >= 15 is 0 Å². The Kier molecular flexibility index (Phi) is 7.30. The van der Waals surface area contributed by atoms with Crippen molar-refractivity contribution in [3.8, 4) is 5.75 Å². The summed E-state index contributed by atoms with van der Waals surface area (Å²) in [4.78, 5) is 27.6. The first-order valence-electron chi connectivity index (χ1n) is 11.5. The van der Waals surface area contributed by atoms with Gasteiger partial charge < -0.3 is 18.9 Å². The highest BCUT2D eigenvalue weighted by molar-refractivity contribution is 6.17. The Labute approximate surface area is 208 Å². The number of fused-ring (bicyclic) bond motifs is 3. The van der Waals surface area contributed by atoms with Crippen molar-refractivity contribution in [1.29, 1.82) is 0 Å². The first-order valence-corrected chi connectivity index (χ1v) is 11.5. The molecule has 1 aromatic heterocycles. The third-order valence-corrected chi connectivity index (χ3v) is 5.78. The maximum atomic E-state index is 11.6. The van der Waals surface area contributed by atoms with Gasteiger partial charge in [-0.15, -0.1) is 0 Å². The number of ether oxygens (including phenoxy) is 2. The number of oxime groups is 1. The van der Waals surface area contributed by atoms with Crippen LogP contribution in [0.1, 0.15) is 31.9 Å². The van der Waals surface area contributed by atoms with E-state index in [4.69, 9.17) is 14.3 Å². The predicted octanol–water partition coefficient (Wildman–Crippen LogP) is 5.45. The summed E-state index contributed by atoms with van der Waals surface area (Å²) >= 11 is 0. The van der Waals surface area contributed by atoms with Crippen molar-refractivity contribution in [2.75, 3.05) is 13.7 Å². The van der Waals surface area contributed by atoms with Crippen LogP contribution in [0, 0.1) is 10.1 Å². The van der Waals surface area contributed by atoms with Crippen molar-refractivity contribution in [2.45, 2.75) is 33.4 Å². The van der Waals surface area contributed by atoms with E-state index in [-0.39, 0.29) is 11.8 Å². The van der Waals surface area contributed by atoms with Crippen LogP contribution in [-0.2, 0) is 20.9 Å². The van der Waals surface area contributed by atoms with Gasteiger partial charge in [0.15, 0.2) is 0 Å². The summed E-state index contributed by atoms with van der Waals surface area (Å²) in [6.07, 6.45) is -0.114. The Balaban J connectivity index is 1.82. The van der Waals surface area contributed by atoms with E-state index in [1.807, 2.05) is 56.3 Å². The highest BCUT2D eigenvalue weighted by atomic mass is 16.7. The second-order valence-electron chi connectivity index (χ2n) is 8.37. The molecule has 0 aliphatic rings. The Morgan fingerprint density at radius 1 is 1.03 bits per heavy atom. The normalized spacial score (nSPS) is 12.6. The SMILES string of the molecule is CCn1c2ccc(/C(=N/OC(C)=O)c3ccc(OC(C)COC)cc3)cc2c2cc([N+](=O)[O-])ccc21. The predicted molar refractivity (Wildman–Crippen MR) is 138 cm³/mol. The van der Waals surface area contributed by atoms with Gasteiger partial charge in [-0.05, 0) is 56.3 Å². The molecule has 1 unspecified atom stereocenters. The fraction of sp³-hybridized carbons (Fsp3) is 0.259. The summed E-state index contributed by atoms with van der Waals surface area (Å²) in [5, 5.41) is 17.2. The highest BCUT2D eigenvalue weighted by Crippen LogP contribution is 2.33. The summed E-state index contributed by atoms with van der Waals surface area (Å²) in [7, 11) is 1.62. The fourth-order valence-electron chi connectivity index (χ4n) is 4.27. The lowest BCUT2D eigenvalue weighted by atomic mass is 10.00. The minimum atomic E-state index is -0.542. The van der Waals surface area contributed by atoms with Crippen molar-refractivity contribution >= 4 is 39.2 Å². The molecule has 0 aliphatic carbocycles. The van der Waals surface area contributed by atoms with E-state index in [1.165, 1.54) is 13.0 Å². The third kappa shape index (κ3) is 5.06. The third-order valence-electron chi connectivity index (χ3n) is 5.78. The van der Waals surface area contributed by atoms with E-state index in [1.54, 1.807) is 19.2 Å². The van der Waals surface area contributed by atoms with Crippen LogP contribution >= 0.6 is 0 Å². The average molecular weight is 490 g/mol. The van der Waals surface area contributed by atoms with Crippen molar-refractivity contribution in [3.63, 3.8) is 0 Å². The molecule has 0 bridgehead atoms. The van der Waals surface area contributed by atoms with Crippen LogP contribution in [0.15, 0.2) is 65.8 Å². The molecule has 0 amide bonds. The summed E-state index contributed by atoms with van der Waals surface area (Å²) in [6.45, 7) is 6.39. The first kappa shape index (κ1) is 24.9. The quantitative estimate of drug-likeness (QED) is 0.134. The topological polar surface area (TPSA) is 105 Å². The van der Waals surface area contributed by atoms with Crippen LogP contribution in [0.3, 0.4) is 0 Å². The van der Waals surface area contributed by atoms with Gasteiger partial charge >= 0.3 is 5.97 Å². The summed E-state index contributed by atoms with van der Waals surface area (Å²) in [5.41, 5.74) is 3.74. The smallest absolute Gasteiger partial charge is 0.332 e. The Morgan fingerprint density at radius 3 is 2.28 bits per heavy atom. The number of carbonyl (C=O) groups is 1. The van der Waals surface area contributed by atoms with Gasteiger partial charge in [0.05, 0.1) is 11.5 Å². The van der Waals surface area contributed by atoms with E-state index in [9.17, 15) is 14.9 Å². The molecule has 0 radical (unpaired) electrons. The summed E-state index contributed by atoms with van der Waals surface area (Å²) in [5.74, 6) is 0.129. The number of non-ortho nitro benzene ring substituents is 1. The van der Waals surface area contributed by atoms with Gasteiger partial charge in [-0.3, -0.25) is 10.1 Å². The number of rotatable bonds is 9. The van der Waals surface area contributed by atoms with Crippen LogP contribution in [0.4, 0.5) is 5.69 Å². The number of hydrogen-bond acceptors (Lipinski definition) is 7. The van der Waals surface area contributed by atoms with E-state index in [2.05, 4.69) is 9.72 Å². The lowest BCUT2D eigenvalue weighted by Gasteiger charge is -2.14. The van der Waals surface area contributed by atoms with Crippen LogP contribution in [0.2, 0.25) is 0 Å². The monoisotopic (exact) mass is 489 g/mol. The second kappa shape index (κ2) is 10.6. The minimum Gasteiger partial charge on any atom is -0.488 e. The van der Waals surface area contributed by atoms with Gasteiger partial charge in [-0.1, -0.05) is 11.2 Å². The molecule has 0 saturated carbocycles. The molecule has 0 saturated heterocycles. The largest absolute Gasteiger partial charge is 0.488 e. The minimum absolute atomic E-state index is 0.0233. The maximum Gasteiger partial charge on any atom is 0.332 e. The molecule has 0 spiro atoms. The molecule has 0 fully saturated rings. The molecule has 1 heterocycles. The molecule has 9 heteroatoms. The lowest BCUT2D eigenvalue weighted by molar-refractivity contribution is -0.384. The number of nitrogens with zero attached hydrogens (tertiary/aromatic N) is 3.